The number of rotatable bonds is 4. The van der Waals surface area contributed by atoms with Gasteiger partial charge >= 0.3 is 0 Å². The first-order chi connectivity index (χ1) is 8.26. The van der Waals surface area contributed by atoms with Gasteiger partial charge in [0.2, 0.25) is 0 Å². The lowest BCUT2D eigenvalue weighted by Crippen LogP contribution is -2.47. The van der Waals surface area contributed by atoms with Gasteiger partial charge in [-0.15, -0.1) is 0 Å². The van der Waals surface area contributed by atoms with Gasteiger partial charge in [-0.05, 0) is 18.2 Å². The van der Waals surface area contributed by atoms with E-state index in [2.05, 4.69) is 11.0 Å². The van der Waals surface area contributed by atoms with Crippen molar-refractivity contribution in [1.29, 1.82) is 5.26 Å². The van der Waals surface area contributed by atoms with Crippen LogP contribution in [0.1, 0.15) is 11.1 Å². The zero-order valence-electron chi connectivity index (χ0n) is 9.89. The summed E-state index contributed by atoms with van der Waals surface area (Å²) in [5.74, 6) is 1.22. The Kier molecular flexibility index (Phi) is 3.62. The van der Waals surface area contributed by atoms with Crippen LogP contribution in [-0.2, 0) is 6.54 Å². The Morgan fingerprint density at radius 3 is 2.88 bits per heavy atom. The average Bonchev–Trinajstić information content (AvgIpc) is 2.32. The Hall–Kier alpha value is -1.57. The molecule has 0 amide bonds. The van der Waals surface area contributed by atoms with Crippen molar-refractivity contribution in [3.63, 3.8) is 0 Å². The van der Waals surface area contributed by atoms with Gasteiger partial charge in [-0.25, -0.2) is 0 Å². The van der Waals surface area contributed by atoms with Gasteiger partial charge in [0.05, 0.1) is 18.7 Å². The van der Waals surface area contributed by atoms with E-state index in [0.29, 0.717) is 11.5 Å². The van der Waals surface area contributed by atoms with Crippen LogP contribution in [0, 0.1) is 17.2 Å². The minimum Gasteiger partial charge on any atom is -0.496 e. The smallest absolute Gasteiger partial charge is 0.123 e. The zero-order chi connectivity index (χ0) is 12.3. The summed E-state index contributed by atoms with van der Waals surface area (Å²) in [7, 11) is 1.64. The lowest BCUT2D eigenvalue weighted by Gasteiger charge is -2.38. The summed E-state index contributed by atoms with van der Waals surface area (Å²) in [4.78, 5) is 2.24. The number of ether oxygens (including phenoxy) is 1. The minimum atomic E-state index is 0.256. The van der Waals surface area contributed by atoms with Crippen LogP contribution in [0.25, 0.3) is 0 Å². The van der Waals surface area contributed by atoms with Gasteiger partial charge in [0.1, 0.15) is 5.75 Å². The third-order valence-electron chi connectivity index (χ3n) is 3.09. The van der Waals surface area contributed by atoms with Crippen LogP contribution in [0.3, 0.4) is 0 Å². The monoisotopic (exact) mass is 232 g/mol. The Morgan fingerprint density at radius 1 is 1.53 bits per heavy atom. The fraction of sp³-hybridized carbons (Fsp3) is 0.462. The zero-order valence-corrected chi connectivity index (χ0v) is 9.89. The molecule has 0 bridgehead atoms. The lowest BCUT2D eigenvalue weighted by atomic mass is 10.00. The van der Waals surface area contributed by atoms with Crippen molar-refractivity contribution in [2.75, 3.05) is 26.8 Å². The fourth-order valence-electron chi connectivity index (χ4n) is 2.13. The number of aliphatic hydroxyl groups excluding tert-OH is 1. The molecule has 1 aliphatic rings. The van der Waals surface area contributed by atoms with E-state index in [9.17, 15) is 0 Å². The molecule has 4 nitrogen and oxygen atoms in total. The number of benzene rings is 1. The molecule has 4 heteroatoms. The van der Waals surface area contributed by atoms with Gasteiger partial charge in [-0.3, -0.25) is 4.90 Å². The largest absolute Gasteiger partial charge is 0.496 e. The van der Waals surface area contributed by atoms with Gasteiger partial charge in [0, 0.05) is 37.7 Å². The highest BCUT2D eigenvalue weighted by Gasteiger charge is 2.26. The Bertz CT molecular complexity index is 434. The summed E-state index contributed by atoms with van der Waals surface area (Å²) in [5, 5.41) is 17.8. The number of hydrogen-bond donors (Lipinski definition) is 1. The van der Waals surface area contributed by atoms with Crippen LogP contribution in [0.2, 0.25) is 0 Å². The minimum absolute atomic E-state index is 0.256. The topological polar surface area (TPSA) is 56.5 Å². The van der Waals surface area contributed by atoms with Crippen molar-refractivity contribution >= 4 is 0 Å². The molecule has 0 aliphatic carbocycles. The second-order valence-electron chi connectivity index (χ2n) is 4.38. The summed E-state index contributed by atoms with van der Waals surface area (Å²) in [5.41, 5.74) is 1.68. The molecular formula is C13H16N2O2. The number of nitrogens with zero attached hydrogens (tertiary/aromatic N) is 2. The van der Waals surface area contributed by atoms with Crippen LogP contribution >= 0.6 is 0 Å². The van der Waals surface area contributed by atoms with Gasteiger partial charge in [-0.2, -0.15) is 5.26 Å². The molecule has 1 N–H and O–H groups in total. The van der Waals surface area contributed by atoms with Crippen LogP contribution in [0.4, 0.5) is 0 Å². The molecule has 0 atom stereocenters. The number of hydrogen-bond acceptors (Lipinski definition) is 4. The number of likely N-dealkylation sites (tertiary alicyclic amines) is 1. The van der Waals surface area contributed by atoms with Gasteiger partial charge in [0.15, 0.2) is 0 Å². The quantitative estimate of drug-likeness (QED) is 0.841. The maximum Gasteiger partial charge on any atom is 0.123 e. The van der Waals surface area contributed by atoms with E-state index >= 15 is 0 Å². The molecule has 1 aromatic carbocycles. The van der Waals surface area contributed by atoms with Crippen molar-refractivity contribution in [3.8, 4) is 11.8 Å². The van der Waals surface area contributed by atoms with Crippen molar-refractivity contribution in [1.82, 2.24) is 4.90 Å². The van der Waals surface area contributed by atoms with Crippen LogP contribution < -0.4 is 4.74 Å². The highest BCUT2D eigenvalue weighted by atomic mass is 16.5. The third-order valence-corrected chi connectivity index (χ3v) is 3.09. The molecule has 1 heterocycles. The molecule has 1 saturated heterocycles. The molecular weight excluding hydrogens is 216 g/mol. The summed E-state index contributed by atoms with van der Waals surface area (Å²) in [6.45, 7) is 2.86. The molecule has 1 aromatic rings. The van der Waals surface area contributed by atoms with Crippen LogP contribution in [0.5, 0.6) is 5.75 Å². The van der Waals surface area contributed by atoms with E-state index in [1.165, 1.54) is 0 Å². The lowest BCUT2D eigenvalue weighted by molar-refractivity contribution is 0.0474. The second-order valence-corrected chi connectivity index (χ2v) is 4.38. The first-order valence-corrected chi connectivity index (χ1v) is 5.67. The third kappa shape index (κ3) is 2.57. The second kappa shape index (κ2) is 5.17. The maximum atomic E-state index is 8.96. The van der Waals surface area contributed by atoms with E-state index in [0.717, 1.165) is 30.9 Å². The summed E-state index contributed by atoms with van der Waals surface area (Å²) in [6, 6.07) is 7.59. The number of methoxy groups -OCH3 is 1. The van der Waals surface area contributed by atoms with Gasteiger partial charge in [-0.1, -0.05) is 0 Å². The molecule has 90 valence electrons. The number of nitriles is 1. The standard InChI is InChI=1S/C13H16N2O2/c1-17-13-3-2-10(5-14)4-12(13)8-15-6-11(7-15)9-16/h2-4,11,16H,6-9H2,1H3. The highest BCUT2D eigenvalue weighted by Crippen LogP contribution is 2.25. The van der Waals surface area contributed by atoms with Crippen LogP contribution in [-0.4, -0.2) is 36.8 Å². The molecule has 1 fully saturated rings. The fourth-order valence-corrected chi connectivity index (χ4v) is 2.13. The normalized spacial score (nSPS) is 16.3. The Balaban J connectivity index is 2.07. The average molecular weight is 232 g/mol. The summed E-state index contributed by atoms with van der Waals surface area (Å²) < 4.78 is 5.28. The first-order valence-electron chi connectivity index (χ1n) is 5.67. The van der Waals surface area contributed by atoms with Gasteiger partial charge < -0.3 is 9.84 Å². The first kappa shape index (κ1) is 11.9. The molecule has 0 spiro atoms. The Morgan fingerprint density at radius 2 is 2.29 bits per heavy atom. The predicted octanol–water partition coefficient (Wildman–Crippen LogP) is 0.991. The number of aliphatic hydroxyl groups is 1. The molecule has 0 radical (unpaired) electrons. The molecule has 0 saturated carbocycles. The van der Waals surface area contributed by atoms with Crippen LogP contribution in [0.15, 0.2) is 18.2 Å². The molecule has 0 aromatic heterocycles. The van der Waals surface area contributed by atoms with Crippen molar-refractivity contribution in [3.05, 3.63) is 29.3 Å². The van der Waals surface area contributed by atoms with E-state index in [4.69, 9.17) is 15.1 Å². The Labute approximate surface area is 101 Å². The van der Waals surface area contributed by atoms with Crippen molar-refractivity contribution < 1.29 is 9.84 Å². The van der Waals surface area contributed by atoms with Crippen molar-refractivity contribution in [2.45, 2.75) is 6.54 Å². The van der Waals surface area contributed by atoms with E-state index in [-0.39, 0.29) is 6.61 Å². The van der Waals surface area contributed by atoms with E-state index < -0.39 is 0 Å². The predicted molar refractivity (Wildman–Crippen MR) is 63.6 cm³/mol. The summed E-state index contributed by atoms with van der Waals surface area (Å²) in [6.07, 6.45) is 0. The maximum absolute atomic E-state index is 8.96. The molecule has 0 unspecified atom stereocenters. The van der Waals surface area contributed by atoms with Gasteiger partial charge in [0.25, 0.3) is 0 Å². The summed E-state index contributed by atoms with van der Waals surface area (Å²) >= 11 is 0. The van der Waals surface area contributed by atoms with E-state index in [1.54, 1.807) is 13.2 Å². The van der Waals surface area contributed by atoms with E-state index in [1.807, 2.05) is 12.1 Å². The molecule has 17 heavy (non-hydrogen) atoms. The highest BCUT2D eigenvalue weighted by molar-refractivity contribution is 5.42. The SMILES string of the molecule is COc1ccc(C#N)cc1CN1CC(CO)C1. The van der Waals surface area contributed by atoms with Crippen molar-refractivity contribution in [2.24, 2.45) is 5.92 Å². The molecule has 2 rings (SSSR count). The molecule has 1 aliphatic heterocycles.